The minimum Gasteiger partial charge on any atom is -0.293 e. The molecule has 1 aliphatic rings. The number of carbonyl (C=O) groups is 1. The van der Waals surface area contributed by atoms with Gasteiger partial charge in [0.2, 0.25) is 0 Å². The second-order valence-electron chi connectivity index (χ2n) is 3.28. The zero-order chi connectivity index (χ0) is 10.7. The van der Waals surface area contributed by atoms with E-state index in [0.717, 1.165) is 10.5 Å². The predicted octanol–water partition coefficient (Wildman–Crippen LogP) is 2.76. The highest BCUT2D eigenvalue weighted by atomic mass is 32.2. The van der Waals surface area contributed by atoms with E-state index in [4.69, 9.17) is 0 Å². The molecule has 0 unspecified atom stereocenters. The van der Waals surface area contributed by atoms with E-state index in [0.29, 0.717) is 11.5 Å². The zero-order valence-corrected chi connectivity index (χ0v) is 9.25. The molecule has 1 aromatic rings. The number of carbonyl (C=O) groups excluding carboxylic acids is 1. The summed E-state index contributed by atoms with van der Waals surface area (Å²) in [5.41, 5.74) is 1.81. The van der Waals surface area contributed by atoms with Crippen molar-refractivity contribution in [2.24, 2.45) is 4.99 Å². The molecule has 15 heavy (non-hydrogen) atoms. The maximum Gasteiger partial charge on any atom is 0.174 e. The Hall–Kier alpha value is -1.35. The first kappa shape index (κ1) is 10.2. The fourth-order valence-corrected chi connectivity index (χ4v) is 2.31. The molecule has 0 atom stereocenters. The first-order chi connectivity index (χ1) is 7.27. The Morgan fingerprint density at radius 2 is 2.07 bits per heavy atom. The van der Waals surface area contributed by atoms with Crippen LogP contribution in [0.3, 0.4) is 0 Å². The Morgan fingerprint density at radius 1 is 1.33 bits per heavy atom. The third-order valence-electron chi connectivity index (χ3n) is 2.17. The van der Waals surface area contributed by atoms with Crippen LogP contribution in [0.2, 0.25) is 0 Å². The number of Topliss-reactive ketones (excluding diaryl/α,β-unsaturated/α-hetero) is 1. The van der Waals surface area contributed by atoms with Gasteiger partial charge >= 0.3 is 0 Å². The van der Waals surface area contributed by atoms with Crippen LogP contribution in [0, 0.1) is 0 Å². The average Bonchev–Trinajstić information content (AvgIpc) is 2.30. The van der Waals surface area contributed by atoms with Crippen LogP contribution in [0.1, 0.15) is 12.5 Å². The van der Waals surface area contributed by atoms with Gasteiger partial charge in [0.05, 0.1) is 5.71 Å². The quantitative estimate of drug-likeness (QED) is 0.762. The van der Waals surface area contributed by atoms with Gasteiger partial charge < -0.3 is 0 Å². The van der Waals surface area contributed by atoms with E-state index in [1.165, 1.54) is 0 Å². The Kier molecular flexibility index (Phi) is 3.02. The van der Waals surface area contributed by atoms with Crippen LogP contribution < -0.4 is 0 Å². The molecule has 1 aromatic carbocycles. The molecular formula is C12H11NOS. The molecular weight excluding hydrogens is 206 g/mol. The second kappa shape index (κ2) is 4.45. The lowest BCUT2D eigenvalue weighted by Crippen LogP contribution is -2.14. The minimum absolute atomic E-state index is 0.0610. The molecule has 0 fully saturated rings. The van der Waals surface area contributed by atoms with Crippen molar-refractivity contribution in [1.29, 1.82) is 0 Å². The normalized spacial score (nSPS) is 15.5. The molecule has 0 N–H and O–H groups in total. The van der Waals surface area contributed by atoms with Gasteiger partial charge in [-0.15, -0.1) is 11.8 Å². The van der Waals surface area contributed by atoms with Gasteiger partial charge in [-0.2, -0.15) is 0 Å². The Balaban J connectivity index is 2.25. The van der Waals surface area contributed by atoms with Crippen molar-refractivity contribution < 1.29 is 4.79 Å². The molecule has 1 aliphatic heterocycles. The van der Waals surface area contributed by atoms with Gasteiger partial charge in [-0.1, -0.05) is 30.3 Å². The van der Waals surface area contributed by atoms with Gasteiger partial charge in [0.25, 0.3) is 0 Å². The molecule has 0 amide bonds. The van der Waals surface area contributed by atoms with Crippen molar-refractivity contribution in [3.05, 3.63) is 42.1 Å². The summed E-state index contributed by atoms with van der Waals surface area (Å²) in [6, 6.07) is 10.1. The summed E-state index contributed by atoms with van der Waals surface area (Å²) in [5.74, 6) is 0.738. The highest BCUT2D eigenvalue weighted by molar-refractivity contribution is 8.09. The maximum atomic E-state index is 11.1. The number of benzene rings is 1. The van der Waals surface area contributed by atoms with Crippen LogP contribution in [0.25, 0.3) is 4.91 Å². The summed E-state index contributed by atoms with van der Waals surface area (Å²) in [6.07, 6.45) is 1.78. The van der Waals surface area contributed by atoms with E-state index in [-0.39, 0.29) is 5.78 Å². The lowest BCUT2D eigenvalue weighted by Gasteiger charge is -2.11. The van der Waals surface area contributed by atoms with Crippen LogP contribution in [-0.2, 0) is 4.79 Å². The molecule has 0 radical (unpaired) electrons. The molecule has 76 valence electrons. The molecule has 0 saturated carbocycles. The largest absolute Gasteiger partial charge is 0.293 e. The van der Waals surface area contributed by atoms with Gasteiger partial charge in [-0.3, -0.25) is 9.79 Å². The summed E-state index contributed by atoms with van der Waals surface area (Å²) in [4.78, 5) is 16.4. The Morgan fingerprint density at radius 3 is 2.60 bits per heavy atom. The van der Waals surface area contributed by atoms with Crippen molar-refractivity contribution >= 4 is 28.2 Å². The molecule has 3 heteroatoms. The lowest BCUT2D eigenvalue weighted by atomic mass is 10.2. The SMILES string of the molecule is CC(=O)C1=NC=C(c2ccccc2)SC1. The van der Waals surface area contributed by atoms with Crippen LogP contribution >= 0.6 is 11.8 Å². The van der Waals surface area contributed by atoms with Gasteiger partial charge in [-0.25, -0.2) is 0 Å². The molecule has 2 nitrogen and oxygen atoms in total. The number of thioether (sulfide) groups is 1. The van der Waals surface area contributed by atoms with Gasteiger partial charge in [-0.05, 0) is 5.56 Å². The Labute approximate surface area is 93.1 Å². The van der Waals surface area contributed by atoms with E-state index in [1.54, 1.807) is 24.9 Å². The third-order valence-corrected chi connectivity index (χ3v) is 3.24. The molecule has 0 aromatic heterocycles. The monoisotopic (exact) mass is 217 g/mol. The maximum absolute atomic E-state index is 11.1. The van der Waals surface area contributed by atoms with Crippen LogP contribution in [0.15, 0.2) is 41.5 Å². The first-order valence-electron chi connectivity index (χ1n) is 4.73. The number of aliphatic imine (C=N–C) groups is 1. The number of hydrogen-bond acceptors (Lipinski definition) is 3. The number of ketones is 1. The predicted molar refractivity (Wildman–Crippen MR) is 65.0 cm³/mol. The lowest BCUT2D eigenvalue weighted by molar-refractivity contribution is -0.111. The van der Waals surface area contributed by atoms with E-state index in [2.05, 4.69) is 4.99 Å². The second-order valence-corrected chi connectivity index (χ2v) is 4.30. The van der Waals surface area contributed by atoms with E-state index in [1.807, 2.05) is 30.3 Å². The molecule has 0 spiro atoms. The minimum atomic E-state index is 0.0610. The highest BCUT2D eigenvalue weighted by Crippen LogP contribution is 2.30. The van der Waals surface area contributed by atoms with Crippen LogP contribution in [0.5, 0.6) is 0 Å². The third kappa shape index (κ3) is 2.36. The number of rotatable bonds is 2. The van der Waals surface area contributed by atoms with Crippen LogP contribution in [-0.4, -0.2) is 17.2 Å². The molecule has 2 rings (SSSR count). The zero-order valence-electron chi connectivity index (χ0n) is 8.43. The standard InChI is InChI=1S/C12H11NOS/c1-9(14)11-8-15-12(7-13-11)10-5-3-2-4-6-10/h2-7H,8H2,1H3. The summed E-state index contributed by atoms with van der Waals surface area (Å²) in [5, 5.41) is 0. The van der Waals surface area contributed by atoms with Crippen molar-refractivity contribution in [2.75, 3.05) is 5.75 Å². The first-order valence-corrected chi connectivity index (χ1v) is 5.72. The Bertz CT molecular complexity index is 434. The fraction of sp³-hybridized carbons (Fsp3) is 0.167. The molecule has 0 bridgehead atoms. The molecule has 0 aliphatic carbocycles. The average molecular weight is 217 g/mol. The smallest absolute Gasteiger partial charge is 0.174 e. The van der Waals surface area contributed by atoms with Crippen molar-refractivity contribution in [2.45, 2.75) is 6.92 Å². The summed E-state index contributed by atoms with van der Waals surface area (Å²) in [7, 11) is 0. The summed E-state index contributed by atoms with van der Waals surface area (Å²) in [6.45, 7) is 1.56. The topological polar surface area (TPSA) is 29.4 Å². The number of hydrogen-bond donors (Lipinski definition) is 0. The van der Waals surface area contributed by atoms with Crippen molar-refractivity contribution in [3.8, 4) is 0 Å². The van der Waals surface area contributed by atoms with Crippen molar-refractivity contribution in [1.82, 2.24) is 0 Å². The highest BCUT2D eigenvalue weighted by Gasteiger charge is 2.12. The molecule has 1 heterocycles. The van der Waals surface area contributed by atoms with E-state index in [9.17, 15) is 4.79 Å². The van der Waals surface area contributed by atoms with Gasteiger partial charge in [0.1, 0.15) is 0 Å². The van der Waals surface area contributed by atoms with Gasteiger partial charge in [0, 0.05) is 23.8 Å². The van der Waals surface area contributed by atoms with E-state index < -0.39 is 0 Å². The number of nitrogens with zero attached hydrogens (tertiary/aromatic N) is 1. The van der Waals surface area contributed by atoms with Crippen LogP contribution in [0.4, 0.5) is 0 Å². The fourth-order valence-electron chi connectivity index (χ4n) is 1.31. The van der Waals surface area contributed by atoms with Crippen molar-refractivity contribution in [3.63, 3.8) is 0 Å². The summed E-state index contributed by atoms with van der Waals surface area (Å²) < 4.78 is 0. The van der Waals surface area contributed by atoms with E-state index >= 15 is 0 Å². The summed E-state index contributed by atoms with van der Waals surface area (Å²) >= 11 is 1.66. The molecule has 0 saturated heterocycles. The van der Waals surface area contributed by atoms with Gasteiger partial charge in [0.15, 0.2) is 5.78 Å².